The largest absolute Gasteiger partial charge is 0.394 e. The minimum atomic E-state index is -0.211. The van der Waals surface area contributed by atoms with Crippen molar-refractivity contribution in [3.8, 4) is 0 Å². The van der Waals surface area contributed by atoms with Crippen LogP contribution in [0, 0.1) is 0 Å². The zero-order valence-electron chi connectivity index (χ0n) is 9.42. The predicted octanol–water partition coefficient (Wildman–Crippen LogP) is -0.322. The van der Waals surface area contributed by atoms with Gasteiger partial charge in [0.2, 0.25) is 0 Å². The topological polar surface area (TPSA) is 44.7 Å². The average Bonchev–Trinajstić information content (AvgIpc) is 2.70. The highest BCUT2D eigenvalue weighted by atomic mass is 16.5. The van der Waals surface area contributed by atoms with Crippen LogP contribution < -0.4 is 5.32 Å². The SMILES string of the molecule is CNC(C)(CO)CN(C)C1CCOC1. The third kappa shape index (κ3) is 2.92. The molecule has 2 N–H and O–H groups in total. The molecule has 1 heterocycles. The van der Waals surface area contributed by atoms with E-state index in [-0.39, 0.29) is 12.1 Å². The molecule has 0 amide bonds. The summed E-state index contributed by atoms with van der Waals surface area (Å²) in [5.41, 5.74) is -0.211. The van der Waals surface area contributed by atoms with Crippen molar-refractivity contribution in [2.24, 2.45) is 0 Å². The lowest BCUT2D eigenvalue weighted by Gasteiger charge is -2.34. The maximum atomic E-state index is 9.26. The third-order valence-corrected chi connectivity index (χ3v) is 3.08. The molecule has 14 heavy (non-hydrogen) atoms. The Morgan fingerprint density at radius 1 is 1.64 bits per heavy atom. The zero-order valence-corrected chi connectivity index (χ0v) is 9.42. The molecule has 1 aliphatic rings. The van der Waals surface area contributed by atoms with E-state index in [1.54, 1.807) is 0 Å². The van der Waals surface area contributed by atoms with E-state index in [2.05, 4.69) is 17.3 Å². The van der Waals surface area contributed by atoms with Crippen LogP contribution in [0.5, 0.6) is 0 Å². The van der Waals surface area contributed by atoms with Gasteiger partial charge in [-0.3, -0.25) is 4.90 Å². The lowest BCUT2D eigenvalue weighted by Crippen LogP contribution is -2.53. The second-order valence-electron chi connectivity index (χ2n) is 4.40. The molecule has 0 bridgehead atoms. The first-order chi connectivity index (χ1) is 6.61. The fourth-order valence-electron chi connectivity index (χ4n) is 1.76. The highest BCUT2D eigenvalue weighted by Gasteiger charge is 2.28. The molecular formula is C10H22N2O2. The van der Waals surface area contributed by atoms with Crippen LogP contribution in [0.4, 0.5) is 0 Å². The van der Waals surface area contributed by atoms with Gasteiger partial charge in [0.25, 0.3) is 0 Å². The normalized spacial score (nSPS) is 26.8. The van der Waals surface area contributed by atoms with E-state index in [0.717, 1.165) is 26.2 Å². The van der Waals surface area contributed by atoms with Gasteiger partial charge in [0, 0.05) is 19.2 Å². The maximum absolute atomic E-state index is 9.26. The minimum absolute atomic E-state index is 0.154. The highest BCUT2D eigenvalue weighted by Crippen LogP contribution is 2.13. The van der Waals surface area contributed by atoms with Gasteiger partial charge < -0.3 is 15.2 Å². The molecule has 1 rings (SSSR count). The molecule has 0 aromatic heterocycles. The summed E-state index contributed by atoms with van der Waals surface area (Å²) >= 11 is 0. The van der Waals surface area contributed by atoms with E-state index in [1.807, 2.05) is 14.0 Å². The number of nitrogens with one attached hydrogen (secondary N) is 1. The van der Waals surface area contributed by atoms with Crippen LogP contribution >= 0.6 is 0 Å². The molecular weight excluding hydrogens is 180 g/mol. The molecule has 1 fully saturated rings. The van der Waals surface area contributed by atoms with Crippen molar-refractivity contribution in [1.82, 2.24) is 10.2 Å². The van der Waals surface area contributed by atoms with Crippen LogP contribution in [0.15, 0.2) is 0 Å². The van der Waals surface area contributed by atoms with Gasteiger partial charge in [-0.15, -0.1) is 0 Å². The van der Waals surface area contributed by atoms with Crippen molar-refractivity contribution >= 4 is 0 Å². The Morgan fingerprint density at radius 2 is 2.36 bits per heavy atom. The summed E-state index contributed by atoms with van der Waals surface area (Å²) in [5.74, 6) is 0. The van der Waals surface area contributed by atoms with E-state index < -0.39 is 0 Å². The average molecular weight is 202 g/mol. The molecule has 1 saturated heterocycles. The quantitative estimate of drug-likeness (QED) is 0.641. The van der Waals surface area contributed by atoms with Crippen LogP contribution in [-0.2, 0) is 4.74 Å². The Hall–Kier alpha value is -0.160. The number of rotatable bonds is 5. The molecule has 0 spiro atoms. The van der Waals surface area contributed by atoms with E-state index >= 15 is 0 Å². The second kappa shape index (κ2) is 5.07. The van der Waals surface area contributed by atoms with Crippen LogP contribution in [0.25, 0.3) is 0 Å². The Labute approximate surface area is 86.2 Å². The molecule has 0 aromatic rings. The monoisotopic (exact) mass is 202 g/mol. The number of likely N-dealkylation sites (N-methyl/N-ethyl adjacent to an activating group) is 2. The van der Waals surface area contributed by atoms with Crippen LogP contribution in [-0.4, -0.2) is 62.0 Å². The first-order valence-electron chi connectivity index (χ1n) is 5.19. The Bertz CT molecular complexity index is 166. The number of hydrogen-bond donors (Lipinski definition) is 2. The van der Waals surface area contributed by atoms with Gasteiger partial charge in [-0.25, -0.2) is 0 Å². The van der Waals surface area contributed by atoms with Gasteiger partial charge in [-0.2, -0.15) is 0 Å². The summed E-state index contributed by atoms with van der Waals surface area (Å²) in [7, 11) is 3.97. The summed E-state index contributed by atoms with van der Waals surface area (Å²) in [6, 6.07) is 0.509. The molecule has 4 nitrogen and oxygen atoms in total. The number of ether oxygens (including phenoxy) is 1. The van der Waals surface area contributed by atoms with Gasteiger partial charge in [0.15, 0.2) is 0 Å². The zero-order chi connectivity index (χ0) is 10.6. The Morgan fingerprint density at radius 3 is 2.79 bits per heavy atom. The Kier molecular flexibility index (Phi) is 4.31. The standard InChI is InChI=1S/C10H22N2O2/c1-10(8-13,11-2)7-12(3)9-4-5-14-6-9/h9,11,13H,4-8H2,1-3H3. The number of hydrogen-bond acceptors (Lipinski definition) is 4. The van der Waals surface area contributed by atoms with Crippen LogP contribution in [0.2, 0.25) is 0 Å². The van der Waals surface area contributed by atoms with Gasteiger partial charge in [0.1, 0.15) is 0 Å². The summed E-state index contributed by atoms with van der Waals surface area (Å²) in [6.07, 6.45) is 1.10. The lowest BCUT2D eigenvalue weighted by molar-refractivity contribution is 0.106. The molecule has 0 aliphatic carbocycles. The van der Waals surface area contributed by atoms with Gasteiger partial charge in [-0.1, -0.05) is 0 Å². The van der Waals surface area contributed by atoms with Gasteiger partial charge in [0.05, 0.1) is 18.8 Å². The smallest absolute Gasteiger partial charge is 0.0623 e. The summed E-state index contributed by atoms with van der Waals surface area (Å²) in [6.45, 7) is 4.71. The fourth-order valence-corrected chi connectivity index (χ4v) is 1.76. The van der Waals surface area contributed by atoms with Gasteiger partial charge >= 0.3 is 0 Å². The van der Waals surface area contributed by atoms with Crippen molar-refractivity contribution in [1.29, 1.82) is 0 Å². The van der Waals surface area contributed by atoms with E-state index in [4.69, 9.17) is 4.74 Å². The number of aliphatic hydroxyl groups is 1. The summed E-state index contributed by atoms with van der Waals surface area (Å²) in [5, 5.41) is 12.4. The molecule has 0 aromatic carbocycles. The molecule has 84 valence electrons. The fraction of sp³-hybridized carbons (Fsp3) is 1.00. The molecule has 4 heteroatoms. The van der Waals surface area contributed by atoms with E-state index in [0.29, 0.717) is 6.04 Å². The first kappa shape index (κ1) is 11.9. The van der Waals surface area contributed by atoms with Gasteiger partial charge in [-0.05, 0) is 27.4 Å². The van der Waals surface area contributed by atoms with Crippen molar-refractivity contribution < 1.29 is 9.84 Å². The summed E-state index contributed by atoms with van der Waals surface area (Å²) < 4.78 is 5.34. The van der Waals surface area contributed by atoms with Crippen LogP contribution in [0.1, 0.15) is 13.3 Å². The first-order valence-corrected chi connectivity index (χ1v) is 5.19. The van der Waals surface area contributed by atoms with Crippen LogP contribution in [0.3, 0.4) is 0 Å². The molecule has 2 atom stereocenters. The van der Waals surface area contributed by atoms with E-state index in [1.165, 1.54) is 0 Å². The Balaban J connectivity index is 2.41. The lowest BCUT2D eigenvalue weighted by atomic mass is 10.0. The van der Waals surface area contributed by atoms with Crippen molar-refractivity contribution in [3.05, 3.63) is 0 Å². The highest BCUT2D eigenvalue weighted by molar-refractivity contribution is 4.86. The predicted molar refractivity (Wildman–Crippen MR) is 56.4 cm³/mol. The second-order valence-corrected chi connectivity index (χ2v) is 4.40. The molecule has 0 radical (unpaired) electrons. The molecule has 1 aliphatic heterocycles. The van der Waals surface area contributed by atoms with Crippen molar-refractivity contribution in [2.45, 2.75) is 24.9 Å². The third-order valence-electron chi connectivity index (χ3n) is 3.08. The number of nitrogens with zero attached hydrogens (tertiary/aromatic N) is 1. The van der Waals surface area contributed by atoms with E-state index in [9.17, 15) is 5.11 Å². The molecule has 2 unspecified atom stereocenters. The maximum Gasteiger partial charge on any atom is 0.0623 e. The number of aliphatic hydroxyl groups excluding tert-OH is 1. The summed E-state index contributed by atoms with van der Waals surface area (Å²) in [4.78, 5) is 2.26. The minimum Gasteiger partial charge on any atom is -0.394 e. The molecule has 0 saturated carbocycles. The van der Waals surface area contributed by atoms with Crippen molar-refractivity contribution in [2.75, 3.05) is 40.5 Å². The van der Waals surface area contributed by atoms with Crippen molar-refractivity contribution in [3.63, 3.8) is 0 Å².